The van der Waals surface area contributed by atoms with Gasteiger partial charge in [-0.25, -0.2) is 0 Å². The minimum atomic E-state index is 0.0578. The lowest BCUT2D eigenvalue weighted by Crippen LogP contribution is -2.12. The Kier molecular flexibility index (Phi) is 3.92. The van der Waals surface area contributed by atoms with Crippen LogP contribution in [0, 0.1) is 11.8 Å². The lowest BCUT2D eigenvalue weighted by Gasteiger charge is -1.97. The molecule has 0 fully saturated rings. The second-order valence-corrected chi connectivity index (χ2v) is 2.74. The van der Waals surface area contributed by atoms with Gasteiger partial charge < -0.3 is 15.7 Å². The molecule has 0 saturated heterocycles. The first kappa shape index (κ1) is 10.8. The van der Waals surface area contributed by atoms with Crippen LogP contribution in [-0.2, 0) is 4.79 Å². The van der Waals surface area contributed by atoms with Crippen molar-refractivity contribution in [2.45, 2.75) is 6.42 Å². The van der Waals surface area contributed by atoms with Gasteiger partial charge in [0.25, 0.3) is 0 Å². The number of carbonyl (C=O) groups is 1. The molecule has 4 heteroatoms. The molecule has 0 aliphatic heterocycles. The molecule has 15 heavy (non-hydrogen) atoms. The smallest absolute Gasteiger partial charge is 0.170 e. The number of hydrogen-bond donors (Lipinski definition) is 2. The molecule has 0 radical (unpaired) electrons. The first-order valence-corrected chi connectivity index (χ1v) is 4.28. The van der Waals surface area contributed by atoms with Crippen molar-refractivity contribution in [1.82, 2.24) is 0 Å². The number of amidine groups is 1. The van der Waals surface area contributed by atoms with Crippen LogP contribution < -0.4 is 5.73 Å². The second-order valence-electron chi connectivity index (χ2n) is 2.74. The van der Waals surface area contributed by atoms with Gasteiger partial charge in [-0.3, -0.25) is 0 Å². The molecular weight excluding hydrogens is 192 g/mol. The van der Waals surface area contributed by atoms with Crippen LogP contribution in [0.15, 0.2) is 29.4 Å². The molecule has 0 unspecified atom stereocenters. The molecule has 0 amide bonds. The van der Waals surface area contributed by atoms with E-state index in [1.165, 1.54) is 0 Å². The summed E-state index contributed by atoms with van der Waals surface area (Å²) in [5, 5.41) is 11.3. The lowest BCUT2D eigenvalue weighted by molar-refractivity contribution is -0.107. The average Bonchev–Trinajstić information content (AvgIpc) is 2.29. The Labute approximate surface area is 87.4 Å². The maximum atomic E-state index is 10.0. The zero-order valence-electron chi connectivity index (χ0n) is 7.97. The Hall–Kier alpha value is -2.28. The van der Waals surface area contributed by atoms with Gasteiger partial charge in [-0.05, 0) is 24.3 Å². The van der Waals surface area contributed by atoms with Crippen molar-refractivity contribution in [1.29, 1.82) is 0 Å². The molecule has 0 aromatic heterocycles. The second kappa shape index (κ2) is 5.45. The van der Waals surface area contributed by atoms with Crippen LogP contribution in [0.3, 0.4) is 0 Å². The fourth-order valence-corrected chi connectivity index (χ4v) is 0.977. The van der Waals surface area contributed by atoms with Crippen molar-refractivity contribution in [2.75, 3.05) is 0 Å². The third-order valence-corrected chi connectivity index (χ3v) is 1.71. The first-order chi connectivity index (χ1) is 7.27. The molecule has 1 rings (SSSR count). The molecule has 0 spiro atoms. The Morgan fingerprint density at radius 2 is 2.13 bits per heavy atom. The Morgan fingerprint density at radius 1 is 1.47 bits per heavy atom. The van der Waals surface area contributed by atoms with E-state index in [0.717, 1.165) is 11.8 Å². The molecule has 0 atom stereocenters. The highest BCUT2D eigenvalue weighted by Gasteiger charge is 1.96. The highest BCUT2D eigenvalue weighted by atomic mass is 16.4. The number of rotatable bonds is 2. The molecule has 0 heterocycles. The Bertz CT molecular complexity index is 424. The minimum absolute atomic E-state index is 0.0578. The molecule has 76 valence electrons. The third kappa shape index (κ3) is 3.16. The van der Waals surface area contributed by atoms with Gasteiger partial charge in [0.15, 0.2) is 5.84 Å². The molecule has 0 saturated carbocycles. The fourth-order valence-electron chi connectivity index (χ4n) is 0.977. The van der Waals surface area contributed by atoms with E-state index < -0.39 is 0 Å². The average molecular weight is 202 g/mol. The minimum Gasteiger partial charge on any atom is -0.409 e. The Balaban J connectivity index is 2.82. The van der Waals surface area contributed by atoms with E-state index >= 15 is 0 Å². The summed E-state index contributed by atoms with van der Waals surface area (Å²) in [6.45, 7) is 0. The topological polar surface area (TPSA) is 75.7 Å². The van der Waals surface area contributed by atoms with E-state index in [-0.39, 0.29) is 12.3 Å². The van der Waals surface area contributed by atoms with Crippen LogP contribution in [0.4, 0.5) is 0 Å². The largest absolute Gasteiger partial charge is 0.409 e. The van der Waals surface area contributed by atoms with Crippen molar-refractivity contribution >= 4 is 12.1 Å². The molecule has 4 nitrogen and oxygen atoms in total. The van der Waals surface area contributed by atoms with Crippen molar-refractivity contribution in [3.63, 3.8) is 0 Å². The predicted octanol–water partition coefficient (Wildman–Crippen LogP) is 0.722. The van der Waals surface area contributed by atoms with Crippen molar-refractivity contribution in [2.24, 2.45) is 10.9 Å². The van der Waals surface area contributed by atoms with Crippen molar-refractivity contribution in [3.05, 3.63) is 35.4 Å². The zero-order valence-corrected chi connectivity index (χ0v) is 7.97. The molecule has 1 aromatic carbocycles. The molecular formula is C11H10N2O2. The zero-order chi connectivity index (χ0) is 11.1. The maximum absolute atomic E-state index is 10.0. The Morgan fingerprint density at radius 3 is 2.67 bits per heavy atom. The van der Waals surface area contributed by atoms with Gasteiger partial charge in [-0.1, -0.05) is 17.0 Å². The summed E-state index contributed by atoms with van der Waals surface area (Å²) < 4.78 is 0. The highest BCUT2D eigenvalue weighted by Crippen LogP contribution is 2.02. The normalized spacial score (nSPS) is 10.3. The number of aldehydes is 1. The molecule has 0 aliphatic carbocycles. The van der Waals surface area contributed by atoms with Gasteiger partial charge in [0.2, 0.25) is 0 Å². The number of nitrogens with two attached hydrogens (primary N) is 1. The number of benzene rings is 1. The highest BCUT2D eigenvalue weighted by molar-refractivity contribution is 5.97. The summed E-state index contributed by atoms with van der Waals surface area (Å²) in [7, 11) is 0. The molecule has 1 aromatic rings. The van der Waals surface area contributed by atoms with Crippen LogP contribution in [0.25, 0.3) is 0 Å². The number of oxime groups is 1. The SMILES string of the molecule is NC(=NO)c1ccc(C#CCC=O)cc1. The van der Waals surface area contributed by atoms with Gasteiger partial charge >= 0.3 is 0 Å². The van der Waals surface area contributed by atoms with Gasteiger partial charge in [0, 0.05) is 11.1 Å². The third-order valence-electron chi connectivity index (χ3n) is 1.71. The number of nitrogens with zero attached hydrogens (tertiary/aromatic N) is 1. The van der Waals surface area contributed by atoms with Gasteiger partial charge in [-0.15, -0.1) is 0 Å². The standard InChI is InChI=1S/C11H10N2O2/c12-11(13-15)10-6-4-9(5-7-10)3-1-2-8-14/h4-8,15H,2H2,(H2,12,13). The van der Waals surface area contributed by atoms with Crippen molar-refractivity contribution in [3.8, 4) is 11.8 Å². The van der Waals surface area contributed by atoms with E-state index in [1.54, 1.807) is 24.3 Å². The first-order valence-electron chi connectivity index (χ1n) is 4.28. The molecule has 0 bridgehead atoms. The van der Waals surface area contributed by atoms with E-state index in [4.69, 9.17) is 10.9 Å². The fraction of sp³-hybridized carbons (Fsp3) is 0.0909. The lowest BCUT2D eigenvalue weighted by atomic mass is 10.1. The summed E-state index contributed by atoms with van der Waals surface area (Å²) in [6, 6.07) is 6.87. The van der Waals surface area contributed by atoms with Gasteiger partial charge in [0.1, 0.15) is 6.29 Å². The van der Waals surface area contributed by atoms with Crippen LogP contribution >= 0.6 is 0 Å². The van der Waals surface area contributed by atoms with E-state index in [9.17, 15) is 4.79 Å². The van der Waals surface area contributed by atoms with E-state index in [1.807, 2.05) is 0 Å². The summed E-state index contributed by atoms with van der Waals surface area (Å²) in [5.74, 6) is 5.55. The predicted molar refractivity (Wildman–Crippen MR) is 56.5 cm³/mol. The van der Waals surface area contributed by atoms with Crippen LogP contribution in [0.5, 0.6) is 0 Å². The molecule has 0 aliphatic rings. The quantitative estimate of drug-likeness (QED) is 0.185. The monoisotopic (exact) mass is 202 g/mol. The summed E-state index contributed by atoms with van der Waals surface area (Å²) in [6.07, 6.45) is 0.972. The summed E-state index contributed by atoms with van der Waals surface area (Å²) in [4.78, 5) is 10.0. The van der Waals surface area contributed by atoms with Gasteiger partial charge in [-0.2, -0.15) is 0 Å². The van der Waals surface area contributed by atoms with Crippen molar-refractivity contribution < 1.29 is 10.0 Å². The van der Waals surface area contributed by atoms with E-state index in [2.05, 4.69) is 17.0 Å². The van der Waals surface area contributed by atoms with Gasteiger partial charge in [0.05, 0.1) is 6.42 Å². The van der Waals surface area contributed by atoms with Crippen LogP contribution in [0.1, 0.15) is 17.5 Å². The number of carbonyl (C=O) groups excluding carboxylic acids is 1. The molecule has 3 N–H and O–H groups in total. The van der Waals surface area contributed by atoms with E-state index in [0.29, 0.717) is 5.56 Å². The van der Waals surface area contributed by atoms with Crippen LogP contribution in [0.2, 0.25) is 0 Å². The summed E-state index contributed by atoms with van der Waals surface area (Å²) >= 11 is 0. The summed E-state index contributed by atoms with van der Waals surface area (Å²) in [5.41, 5.74) is 6.79. The van der Waals surface area contributed by atoms with Crippen LogP contribution in [-0.4, -0.2) is 17.3 Å². The maximum Gasteiger partial charge on any atom is 0.170 e. The number of hydrogen-bond acceptors (Lipinski definition) is 3.